The zero-order chi connectivity index (χ0) is 17.0. The summed E-state index contributed by atoms with van der Waals surface area (Å²) in [7, 11) is 0. The van der Waals surface area contributed by atoms with E-state index in [4.69, 9.17) is 35.6 Å². The van der Waals surface area contributed by atoms with Crippen molar-refractivity contribution in [2.45, 2.75) is 75.5 Å². The molecule has 5 heteroatoms. The molecule has 2 saturated carbocycles. The van der Waals surface area contributed by atoms with Crippen LogP contribution in [0.3, 0.4) is 0 Å². The lowest BCUT2D eigenvalue weighted by Gasteiger charge is -2.41. The molecule has 2 aliphatic rings. The van der Waals surface area contributed by atoms with Gasteiger partial charge in [-0.15, -0.1) is 0 Å². The van der Waals surface area contributed by atoms with Crippen molar-refractivity contribution >= 4 is 52.1 Å². The van der Waals surface area contributed by atoms with Crippen LogP contribution in [-0.2, 0) is 11.8 Å². The van der Waals surface area contributed by atoms with Gasteiger partial charge >= 0.3 is 0 Å². The van der Waals surface area contributed by atoms with E-state index in [0.29, 0.717) is 11.3 Å². The van der Waals surface area contributed by atoms with Crippen LogP contribution < -0.4 is 5.32 Å². The van der Waals surface area contributed by atoms with E-state index in [-0.39, 0.29) is 0 Å². The van der Waals surface area contributed by atoms with E-state index < -0.39 is 6.04 Å². The Balaban J connectivity index is 1.86. The Morgan fingerprint density at radius 2 is 1.42 bits per heavy atom. The van der Waals surface area contributed by atoms with Crippen LogP contribution in [0.2, 0.25) is 5.02 Å². The fourth-order valence-electron chi connectivity index (χ4n) is 4.32. The van der Waals surface area contributed by atoms with E-state index in [2.05, 4.69) is 5.32 Å². The average molecular weight is 400 g/mol. The summed E-state index contributed by atoms with van der Waals surface area (Å²) in [5, 5.41) is 4.22. The average Bonchev–Trinajstić information content (AvgIpc) is 2.64. The molecular weight excluding hydrogens is 373 g/mol. The molecule has 0 unspecified atom stereocenters. The van der Waals surface area contributed by atoms with Crippen LogP contribution in [0.15, 0.2) is 24.3 Å². The maximum atomic E-state index is 6.47. The van der Waals surface area contributed by atoms with Crippen molar-refractivity contribution in [1.29, 1.82) is 0 Å². The van der Waals surface area contributed by atoms with Gasteiger partial charge in [0.2, 0.25) is 0 Å². The Morgan fingerprint density at radius 1 is 0.917 bits per heavy atom. The van der Waals surface area contributed by atoms with Gasteiger partial charge in [-0.25, -0.2) is 0 Å². The van der Waals surface area contributed by atoms with Crippen molar-refractivity contribution < 1.29 is 0 Å². The van der Waals surface area contributed by atoms with Gasteiger partial charge < -0.3 is 5.32 Å². The molecule has 0 heterocycles. The molecular formula is C19H27ClNPS2. The molecule has 0 bridgehead atoms. The Morgan fingerprint density at radius 3 is 1.92 bits per heavy atom. The van der Waals surface area contributed by atoms with Crippen molar-refractivity contribution in [3.8, 4) is 0 Å². The second-order valence-electron chi connectivity index (χ2n) is 7.20. The molecule has 0 aromatic heterocycles. The van der Waals surface area contributed by atoms with Crippen LogP contribution in [0.1, 0.15) is 64.2 Å². The van der Waals surface area contributed by atoms with E-state index >= 15 is 0 Å². The van der Waals surface area contributed by atoms with Gasteiger partial charge in [-0.3, -0.25) is 0 Å². The van der Waals surface area contributed by atoms with E-state index in [1.165, 1.54) is 64.2 Å². The van der Waals surface area contributed by atoms with Crippen LogP contribution >= 0.6 is 29.9 Å². The molecule has 132 valence electrons. The van der Waals surface area contributed by atoms with Gasteiger partial charge in [-0.1, -0.05) is 86.3 Å². The van der Waals surface area contributed by atoms with Crippen molar-refractivity contribution in [3.63, 3.8) is 0 Å². The van der Waals surface area contributed by atoms with Crippen LogP contribution in [0, 0.1) is 0 Å². The molecule has 0 saturated heterocycles. The first-order valence-electron chi connectivity index (χ1n) is 9.28. The van der Waals surface area contributed by atoms with E-state index in [0.717, 1.165) is 15.4 Å². The molecule has 0 radical (unpaired) electrons. The Kier molecular flexibility index (Phi) is 6.77. The zero-order valence-corrected chi connectivity index (χ0v) is 17.5. The van der Waals surface area contributed by atoms with Gasteiger partial charge in [0, 0.05) is 6.04 Å². The maximum Gasteiger partial charge on any atom is 0.113 e. The molecule has 0 atom stereocenters. The third kappa shape index (κ3) is 4.06. The number of para-hydroxylation sites is 1. The minimum absolute atomic E-state index is 0.645. The lowest BCUT2D eigenvalue weighted by Crippen LogP contribution is -2.29. The van der Waals surface area contributed by atoms with Gasteiger partial charge in [0.25, 0.3) is 0 Å². The normalized spacial score (nSPS) is 20.7. The molecule has 1 aromatic carbocycles. The largest absolute Gasteiger partial charge is 0.344 e. The summed E-state index contributed by atoms with van der Waals surface area (Å²) < 4.78 is 0.949. The quantitative estimate of drug-likeness (QED) is 0.425. The lowest BCUT2D eigenvalue weighted by molar-refractivity contribution is 0.487. The summed E-state index contributed by atoms with van der Waals surface area (Å²) in [5.74, 6) is 0. The molecule has 24 heavy (non-hydrogen) atoms. The highest BCUT2D eigenvalue weighted by Gasteiger charge is 2.40. The minimum Gasteiger partial charge on any atom is -0.344 e. The highest BCUT2D eigenvalue weighted by atomic mass is 35.5. The number of anilines is 1. The summed E-state index contributed by atoms with van der Waals surface area (Å²) in [6, 6.07) is 6.13. The minimum atomic E-state index is -1.75. The van der Waals surface area contributed by atoms with Gasteiger partial charge in [0.1, 0.15) is 4.73 Å². The number of thiocarbonyl (C=S) groups is 1. The van der Waals surface area contributed by atoms with Crippen LogP contribution in [-0.4, -0.2) is 16.0 Å². The SMILES string of the molecule is S=C(Nc1ccccc1Cl)P(=S)(C1CCCCC1)C1CCCCC1. The predicted octanol–water partition coefficient (Wildman–Crippen LogP) is 7.18. The number of nitrogens with one attached hydrogen (secondary N) is 1. The third-order valence-corrected chi connectivity index (χ3v) is 13.6. The van der Waals surface area contributed by atoms with Crippen LogP contribution in [0.25, 0.3) is 0 Å². The molecule has 2 aliphatic carbocycles. The van der Waals surface area contributed by atoms with Crippen molar-refractivity contribution in [2.75, 3.05) is 5.32 Å². The molecule has 0 spiro atoms. The lowest BCUT2D eigenvalue weighted by atomic mass is 9.99. The highest BCUT2D eigenvalue weighted by Crippen LogP contribution is 2.64. The van der Waals surface area contributed by atoms with E-state index in [1.54, 1.807) is 0 Å². The van der Waals surface area contributed by atoms with Crippen molar-refractivity contribution in [1.82, 2.24) is 0 Å². The number of halogens is 1. The molecule has 0 aliphatic heterocycles. The maximum absolute atomic E-state index is 6.47. The van der Waals surface area contributed by atoms with E-state index in [1.807, 2.05) is 24.3 Å². The monoisotopic (exact) mass is 399 g/mol. The second kappa shape index (κ2) is 8.62. The van der Waals surface area contributed by atoms with E-state index in [9.17, 15) is 0 Å². The second-order valence-corrected chi connectivity index (χ2v) is 13.5. The Hall–Kier alpha value is 0.0500. The van der Waals surface area contributed by atoms with Gasteiger partial charge in [-0.2, -0.15) is 0 Å². The fraction of sp³-hybridized carbons (Fsp3) is 0.632. The molecule has 1 aromatic rings. The molecule has 0 amide bonds. The number of hydrogen-bond acceptors (Lipinski definition) is 2. The number of rotatable bonds is 4. The smallest absolute Gasteiger partial charge is 0.113 e. The molecule has 1 N–H and O–H groups in total. The Labute approximate surface area is 161 Å². The first-order valence-corrected chi connectivity index (χ1v) is 13.0. The summed E-state index contributed by atoms with van der Waals surface area (Å²) in [4.78, 5) is 0. The third-order valence-electron chi connectivity index (χ3n) is 5.67. The fourth-order valence-corrected chi connectivity index (χ4v) is 10.7. The summed E-state index contributed by atoms with van der Waals surface area (Å²) >= 11 is 18.8. The van der Waals surface area contributed by atoms with Crippen molar-refractivity contribution in [3.05, 3.63) is 29.3 Å². The first-order chi connectivity index (χ1) is 11.6. The summed E-state index contributed by atoms with van der Waals surface area (Å²) in [5.41, 5.74) is 2.21. The zero-order valence-electron chi connectivity index (χ0n) is 14.2. The highest BCUT2D eigenvalue weighted by molar-refractivity contribution is 8.28. The standard InChI is InChI=1S/C19H27ClNPS2/c20-17-13-7-8-14-18(17)21-19(23)22(24,15-9-3-1-4-10-15)16-11-5-2-6-12-16/h7-8,13-16H,1-6,9-12H2,(H,21,23). The predicted molar refractivity (Wildman–Crippen MR) is 116 cm³/mol. The molecule has 2 fully saturated rings. The van der Waals surface area contributed by atoms with Crippen molar-refractivity contribution in [2.24, 2.45) is 0 Å². The first kappa shape index (κ1) is 18.8. The van der Waals surface area contributed by atoms with Crippen LogP contribution in [0.5, 0.6) is 0 Å². The van der Waals surface area contributed by atoms with Gasteiger partial charge in [0.05, 0.1) is 10.7 Å². The Bertz CT molecular complexity index is 600. The molecule has 3 rings (SSSR count). The number of benzene rings is 1. The molecule has 1 nitrogen and oxygen atoms in total. The number of hydrogen-bond donors (Lipinski definition) is 1. The topological polar surface area (TPSA) is 12.0 Å². The van der Waals surface area contributed by atoms with Gasteiger partial charge in [0.15, 0.2) is 0 Å². The summed E-state index contributed by atoms with van der Waals surface area (Å²) in [6.45, 7) is 0. The van der Waals surface area contributed by atoms with Gasteiger partial charge in [-0.05, 0) is 49.1 Å². The summed E-state index contributed by atoms with van der Waals surface area (Å²) in [6.07, 6.45) is 13.1. The van der Waals surface area contributed by atoms with Crippen LogP contribution in [0.4, 0.5) is 5.69 Å².